The second-order valence-corrected chi connectivity index (χ2v) is 5.70. The third kappa shape index (κ3) is 6.10. The lowest BCUT2D eigenvalue weighted by molar-refractivity contribution is 0.00573. The maximum atomic E-state index is 11.3. The number of amides is 1. The van der Waals surface area contributed by atoms with Crippen LogP contribution in [-0.2, 0) is 4.74 Å². The second-order valence-electron chi connectivity index (χ2n) is 5.70. The number of nitriles is 2. The number of nitrogens with zero attached hydrogens (tertiary/aromatic N) is 3. The normalized spacial score (nSPS) is 17.9. The molecule has 0 radical (unpaired) electrons. The lowest BCUT2D eigenvalue weighted by Crippen LogP contribution is -2.51. The maximum absolute atomic E-state index is 11.3. The molecule has 0 aliphatic carbocycles. The fourth-order valence-corrected chi connectivity index (χ4v) is 1.42. The molecule has 0 bridgehead atoms. The summed E-state index contributed by atoms with van der Waals surface area (Å²) in [4.78, 5) is 12.8. The Morgan fingerprint density at radius 1 is 1.20 bits per heavy atom. The van der Waals surface area contributed by atoms with Crippen molar-refractivity contribution >= 4 is 18.5 Å². The number of carbonyl (C=O) groups excluding carboxylic acids is 1. The van der Waals surface area contributed by atoms with Gasteiger partial charge in [0.25, 0.3) is 0 Å². The Balaban J connectivity index is 0.000000434. The molecule has 2 saturated heterocycles. The minimum atomic E-state index is -0.450. The number of carbonyl (C=O) groups is 1. The number of halogens is 1. The van der Waals surface area contributed by atoms with E-state index in [2.05, 4.69) is 17.5 Å². The topological polar surface area (TPSA) is 89.2 Å². The van der Waals surface area contributed by atoms with Gasteiger partial charge in [-0.1, -0.05) is 0 Å². The molecule has 2 aliphatic heterocycles. The van der Waals surface area contributed by atoms with Gasteiger partial charge in [0.05, 0.1) is 24.0 Å². The fourth-order valence-electron chi connectivity index (χ4n) is 1.42. The average molecular weight is 301 g/mol. The van der Waals surface area contributed by atoms with E-state index < -0.39 is 5.60 Å². The van der Waals surface area contributed by atoms with Gasteiger partial charge < -0.3 is 15.0 Å². The molecule has 0 aromatic carbocycles. The van der Waals surface area contributed by atoms with Crippen LogP contribution in [0.15, 0.2) is 0 Å². The van der Waals surface area contributed by atoms with E-state index in [1.54, 1.807) is 4.90 Å². The molecule has 2 aliphatic rings. The first-order valence-corrected chi connectivity index (χ1v) is 6.33. The van der Waals surface area contributed by atoms with Crippen molar-refractivity contribution < 1.29 is 9.53 Å². The first-order chi connectivity index (χ1) is 8.85. The van der Waals surface area contributed by atoms with Crippen molar-refractivity contribution in [2.24, 2.45) is 11.8 Å². The lowest BCUT2D eigenvalue weighted by atomic mass is 10.0. The molecule has 0 saturated carbocycles. The molecule has 2 rings (SSSR count). The highest BCUT2D eigenvalue weighted by molar-refractivity contribution is 5.85. The predicted molar refractivity (Wildman–Crippen MR) is 76.1 cm³/mol. The van der Waals surface area contributed by atoms with Crippen LogP contribution in [0.25, 0.3) is 0 Å². The van der Waals surface area contributed by atoms with Crippen LogP contribution in [0, 0.1) is 34.5 Å². The van der Waals surface area contributed by atoms with Gasteiger partial charge in [-0.3, -0.25) is 0 Å². The Hall–Kier alpha value is -1.50. The van der Waals surface area contributed by atoms with Crippen molar-refractivity contribution in [2.75, 3.05) is 26.2 Å². The molecule has 2 fully saturated rings. The number of nitrogens with one attached hydrogen (secondary N) is 1. The largest absolute Gasteiger partial charge is 0.444 e. The van der Waals surface area contributed by atoms with Gasteiger partial charge in [0, 0.05) is 26.2 Å². The van der Waals surface area contributed by atoms with Crippen LogP contribution in [0.1, 0.15) is 20.8 Å². The van der Waals surface area contributed by atoms with Crippen molar-refractivity contribution in [2.45, 2.75) is 26.4 Å². The predicted octanol–water partition coefficient (Wildman–Crippen LogP) is 1.53. The molecule has 1 amide bonds. The summed E-state index contributed by atoms with van der Waals surface area (Å²) in [5.41, 5.74) is -0.450. The van der Waals surface area contributed by atoms with E-state index >= 15 is 0 Å². The number of ether oxygens (including phenoxy) is 1. The van der Waals surface area contributed by atoms with E-state index in [0.717, 1.165) is 13.1 Å². The third-order valence-corrected chi connectivity index (χ3v) is 2.68. The van der Waals surface area contributed by atoms with Crippen LogP contribution in [-0.4, -0.2) is 42.8 Å². The summed E-state index contributed by atoms with van der Waals surface area (Å²) < 4.78 is 5.11. The number of hydrogen-bond acceptors (Lipinski definition) is 5. The van der Waals surface area contributed by atoms with Gasteiger partial charge in [0.15, 0.2) is 0 Å². The zero-order valence-electron chi connectivity index (χ0n) is 12.0. The standard InChI is InChI=1S/C9H14N2O2.C4H6N2.ClH/c1-9(2,3)13-8(12)11-5-7(4-10)6-11;5-1-4-2-6-3-4;/h7H,5-6H2,1-3H3;4,6H,2-3H2;1H. The molecule has 0 aromatic heterocycles. The van der Waals surface area contributed by atoms with Crippen molar-refractivity contribution in [3.8, 4) is 12.1 Å². The second kappa shape index (κ2) is 7.94. The van der Waals surface area contributed by atoms with E-state index in [1.807, 2.05) is 20.8 Å². The highest BCUT2D eigenvalue weighted by atomic mass is 35.5. The van der Waals surface area contributed by atoms with Crippen LogP contribution in [0.3, 0.4) is 0 Å². The molecular formula is C13H21ClN4O2. The highest BCUT2D eigenvalue weighted by Crippen LogP contribution is 2.18. The Kier molecular flexibility index (Phi) is 7.34. The highest BCUT2D eigenvalue weighted by Gasteiger charge is 2.33. The van der Waals surface area contributed by atoms with E-state index in [9.17, 15) is 4.79 Å². The SMILES string of the molecule is CC(C)(C)OC(=O)N1CC(C#N)C1.Cl.N#CC1CNC1. The van der Waals surface area contributed by atoms with Crippen LogP contribution in [0.4, 0.5) is 4.79 Å². The molecule has 6 nitrogen and oxygen atoms in total. The van der Waals surface area contributed by atoms with Crippen molar-refractivity contribution in [3.05, 3.63) is 0 Å². The average Bonchev–Trinajstić information content (AvgIpc) is 2.11. The van der Waals surface area contributed by atoms with Crippen molar-refractivity contribution in [3.63, 3.8) is 0 Å². The molecule has 0 aromatic rings. The molecule has 0 spiro atoms. The van der Waals surface area contributed by atoms with Crippen molar-refractivity contribution in [1.29, 1.82) is 10.5 Å². The summed E-state index contributed by atoms with van der Waals surface area (Å²) in [7, 11) is 0. The van der Waals surface area contributed by atoms with Gasteiger partial charge >= 0.3 is 6.09 Å². The molecule has 0 unspecified atom stereocenters. The Bertz CT molecular complexity index is 398. The molecule has 112 valence electrons. The van der Waals surface area contributed by atoms with Gasteiger partial charge in [0.1, 0.15) is 5.60 Å². The maximum Gasteiger partial charge on any atom is 0.410 e. The molecule has 2 heterocycles. The molecule has 7 heteroatoms. The fraction of sp³-hybridized carbons (Fsp3) is 0.769. The van der Waals surface area contributed by atoms with E-state index in [4.69, 9.17) is 15.3 Å². The van der Waals surface area contributed by atoms with E-state index in [1.165, 1.54) is 0 Å². The Labute approximate surface area is 126 Å². The molecule has 20 heavy (non-hydrogen) atoms. The summed E-state index contributed by atoms with van der Waals surface area (Å²) >= 11 is 0. The Morgan fingerprint density at radius 2 is 1.70 bits per heavy atom. The van der Waals surface area contributed by atoms with Gasteiger partial charge in [-0.05, 0) is 20.8 Å². The zero-order chi connectivity index (χ0) is 14.5. The Morgan fingerprint density at radius 3 is 1.95 bits per heavy atom. The number of likely N-dealkylation sites (tertiary alicyclic amines) is 1. The van der Waals surface area contributed by atoms with Gasteiger partial charge in [-0.2, -0.15) is 10.5 Å². The van der Waals surface area contributed by atoms with Crippen LogP contribution < -0.4 is 5.32 Å². The molecule has 1 N–H and O–H groups in total. The monoisotopic (exact) mass is 300 g/mol. The summed E-state index contributed by atoms with van der Waals surface area (Å²) in [5, 5.41) is 19.6. The quantitative estimate of drug-likeness (QED) is 0.733. The van der Waals surface area contributed by atoms with Gasteiger partial charge in [-0.15, -0.1) is 12.4 Å². The summed E-state index contributed by atoms with van der Waals surface area (Å²) in [5.74, 6) is 0.303. The summed E-state index contributed by atoms with van der Waals surface area (Å²) in [6.45, 7) is 8.29. The summed E-state index contributed by atoms with van der Waals surface area (Å²) in [6.07, 6.45) is -0.320. The van der Waals surface area contributed by atoms with E-state index in [0.29, 0.717) is 19.0 Å². The van der Waals surface area contributed by atoms with Crippen LogP contribution in [0.5, 0.6) is 0 Å². The van der Waals surface area contributed by atoms with E-state index in [-0.39, 0.29) is 24.4 Å². The van der Waals surface area contributed by atoms with Gasteiger partial charge in [0.2, 0.25) is 0 Å². The first kappa shape index (κ1) is 18.5. The number of hydrogen-bond donors (Lipinski definition) is 1. The van der Waals surface area contributed by atoms with Gasteiger partial charge in [-0.25, -0.2) is 4.79 Å². The smallest absolute Gasteiger partial charge is 0.410 e. The minimum absolute atomic E-state index is 0. The minimum Gasteiger partial charge on any atom is -0.444 e. The summed E-state index contributed by atoms with van der Waals surface area (Å²) in [6, 6.07) is 4.24. The van der Waals surface area contributed by atoms with Crippen LogP contribution >= 0.6 is 12.4 Å². The van der Waals surface area contributed by atoms with Crippen molar-refractivity contribution in [1.82, 2.24) is 10.2 Å². The third-order valence-electron chi connectivity index (χ3n) is 2.68. The zero-order valence-corrected chi connectivity index (χ0v) is 12.9. The molecular weight excluding hydrogens is 280 g/mol. The first-order valence-electron chi connectivity index (χ1n) is 6.33. The van der Waals surface area contributed by atoms with Crippen LogP contribution in [0.2, 0.25) is 0 Å². The lowest BCUT2D eigenvalue weighted by Gasteiger charge is -2.36. The number of rotatable bonds is 0. The molecule has 0 atom stereocenters.